The Bertz CT molecular complexity index is 3610. The molecule has 0 amide bonds. The molecule has 1 aromatic heterocycles. The molecule has 0 unspecified atom stereocenters. The van der Waals surface area contributed by atoms with Crippen LogP contribution in [0.25, 0.3) is 89.4 Å². The maximum Gasteiger partial charge on any atom is 0.164 e. The van der Waals surface area contributed by atoms with Crippen molar-refractivity contribution >= 4 is 23.2 Å². The maximum absolute atomic E-state index is 13.4. The lowest BCUT2D eigenvalue weighted by Gasteiger charge is -2.62. The average Bonchev–Trinajstić information content (AvgIpc) is 3.43. The van der Waals surface area contributed by atoms with Crippen molar-refractivity contribution < 1.29 is 4.57 Å². The van der Waals surface area contributed by atoms with Crippen molar-refractivity contribution in [2.75, 3.05) is 13.3 Å². The molecule has 4 saturated carbocycles. The number of benzene rings is 9. The number of fused-ring (bicyclic) bond motifs is 1. The Morgan fingerprint density at radius 2 is 0.681 bits per heavy atom. The van der Waals surface area contributed by atoms with E-state index in [0.29, 0.717) is 29.3 Å². The van der Waals surface area contributed by atoms with Crippen LogP contribution in [0.4, 0.5) is 0 Å². The van der Waals surface area contributed by atoms with Crippen LogP contribution in [0.15, 0.2) is 218 Å². The fourth-order valence-electron chi connectivity index (χ4n) is 13.4. The summed E-state index contributed by atoms with van der Waals surface area (Å²) in [5, 5.41) is 3.19. The van der Waals surface area contributed by atoms with E-state index in [1.54, 1.807) is 0 Å². The second-order valence-electron chi connectivity index (χ2n) is 21.1. The summed E-state index contributed by atoms with van der Waals surface area (Å²) >= 11 is 0. The van der Waals surface area contributed by atoms with Crippen molar-refractivity contribution in [1.29, 1.82) is 0 Å². The molecule has 10 aromatic rings. The number of hydrogen-bond acceptors (Lipinski definition) is 4. The van der Waals surface area contributed by atoms with Gasteiger partial charge in [-0.25, -0.2) is 15.0 Å². The van der Waals surface area contributed by atoms with Crippen LogP contribution in [0.1, 0.15) is 43.2 Å². The zero-order valence-corrected chi connectivity index (χ0v) is 41.7. The van der Waals surface area contributed by atoms with Gasteiger partial charge in [0.1, 0.15) is 7.14 Å². The van der Waals surface area contributed by atoms with E-state index in [1.165, 1.54) is 71.0 Å². The SMILES string of the molecule is CP(C)(=O)c1ccc(-c2ccc(C3(c4ccc(-c5nc(-c6ccc(-c7ccccc7)cc6)nc(-c6ccc(-c7ccc(-c8ccccc8)cc7)cc6)n5)cc4)C4CC5CC(C4)CC3C5)cc2)c2ccccc12. The lowest BCUT2D eigenvalue weighted by Crippen LogP contribution is -2.56. The molecular weight excluding hydrogens is 894 g/mol. The standard InChI is InChI=1S/C67H56N3OP/c1-72(2,71)63-38-37-60(61-15-9-10-16-62(61)63)52-29-33-56(34-30-52)67(58-40-44-39-45(42-58)43-59(67)41-44)57-35-31-55(32-36-57)66-69-64(53-25-21-49(22-26-53)47-13-7-4-8-14-47)68-65(70-66)54-27-23-51(24-28-54)50-19-17-48(18-20-50)46-11-5-3-6-12-46/h3-38,44-45,58-59H,39-43H2,1-2H3. The topological polar surface area (TPSA) is 55.7 Å². The van der Waals surface area contributed by atoms with Gasteiger partial charge < -0.3 is 4.57 Å². The minimum absolute atomic E-state index is 0.0764. The Kier molecular flexibility index (Phi) is 11.1. The number of rotatable bonds is 10. The molecule has 0 atom stereocenters. The highest BCUT2D eigenvalue weighted by atomic mass is 31.2. The van der Waals surface area contributed by atoms with Gasteiger partial charge in [0.2, 0.25) is 0 Å². The van der Waals surface area contributed by atoms with Gasteiger partial charge in [0, 0.05) is 27.4 Å². The predicted octanol–water partition coefficient (Wildman–Crippen LogP) is 16.7. The molecular formula is C67H56N3OP. The van der Waals surface area contributed by atoms with Gasteiger partial charge in [0.15, 0.2) is 17.5 Å². The number of aromatic nitrogens is 3. The van der Waals surface area contributed by atoms with E-state index < -0.39 is 7.14 Å². The highest BCUT2D eigenvalue weighted by Gasteiger charge is 2.58. The Balaban J connectivity index is 0.868. The second kappa shape index (κ2) is 18.0. The molecule has 4 fully saturated rings. The van der Waals surface area contributed by atoms with E-state index in [4.69, 9.17) is 15.0 Å². The van der Waals surface area contributed by atoms with Crippen LogP contribution in [-0.2, 0) is 9.98 Å². The third-order valence-electron chi connectivity index (χ3n) is 16.6. The summed E-state index contributed by atoms with van der Waals surface area (Å²) in [6, 6.07) is 78.7. The first-order chi connectivity index (χ1) is 35.2. The summed E-state index contributed by atoms with van der Waals surface area (Å²) in [7, 11) is -2.46. The van der Waals surface area contributed by atoms with Crippen LogP contribution in [0, 0.1) is 23.7 Å². The van der Waals surface area contributed by atoms with Gasteiger partial charge in [-0.15, -0.1) is 0 Å². The minimum atomic E-state index is -2.46. The van der Waals surface area contributed by atoms with Gasteiger partial charge in [-0.1, -0.05) is 218 Å². The molecule has 0 saturated heterocycles. The molecule has 350 valence electrons. The first-order valence-electron chi connectivity index (χ1n) is 25.7. The molecule has 4 aliphatic rings. The lowest BCUT2D eigenvalue weighted by atomic mass is 9.42. The Hall–Kier alpha value is -7.52. The first kappa shape index (κ1) is 44.4. The van der Waals surface area contributed by atoms with Crippen molar-refractivity contribution in [1.82, 2.24) is 15.0 Å². The van der Waals surface area contributed by atoms with Gasteiger partial charge in [-0.3, -0.25) is 0 Å². The predicted molar refractivity (Wildman–Crippen MR) is 299 cm³/mol. The van der Waals surface area contributed by atoms with Crippen LogP contribution in [0.5, 0.6) is 0 Å². The fraction of sp³-hybridized carbons (Fsp3) is 0.179. The van der Waals surface area contributed by atoms with E-state index in [2.05, 4.69) is 218 Å². The van der Waals surface area contributed by atoms with E-state index in [0.717, 1.165) is 61.3 Å². The van der Waals surface area contributed by atoms with Crippen LogP contribution in [0.2, 0.25) is 0 Å². The number of nitrogens with zero attached hydrogens (tertiary/aromatic N) is 3. The molecule has 4 nitrogen and oxygen atoms in total. The van der Waals surface area contributed by atoms with Crippen molar-refractivity contribution in [3.63, 3.8) is 0 Å². The van der Waals surface area contributed by atoms with E-state index in [1.807, 2.05) is 13.3 Å². The molecule has 0 spiro atoms. The zero-order chi connectivity index (χ0) is 48.4. The van der Waals surface area contributed by atoms with Crippen molar-refractivity contribution in [3.05, 3.63) is 230 Å². The van der Waals surface area contributed by atoms with Crippen LogP contribution < -0.4 is 5.30 Å². The lowest BCUT2D eigenvalue weighted by molar-refractivity contribution is -0.0418. The van der Waals surface area contributed by atoms with E-state index in [9.17, 15) is 4.57 Å². The summed E-state index contributed by atoms with van der Waals surface area (Å²) in [6.07, 6.45) is 6.56. The van der Waals surface area contributed by atoms with Crippen LogP contribution in [-0.4, -0.2) is 28.3 Å². The third-order valence-corrected chi connectivity index (χ3v) is 18.1. The van der Waals surface area contributed by atoms with Gasteiger partial charge >= 0.3 is 0 Å². The molecule has 0 aliphatic heterocycles. The molecule has 9 aromatic carbocycles. The average molecular weight is 950 g/mol. The van der Waals surface area contributed by atoms with Gasteiger partial charge in [-0.05, 0) is 136 Å². The molecule has 4 aliphatic carbocycles. The summed E-state index contributed by atoms with van der Waals surface area (Å²) in [6.45, 7) is 3.75. The number of hydrogen-bond donors (Lipinski definition) is 0. The summed E-state index contributed by atoms with van der Waals surface area (Å²) < 4.78 is 13.4. The molecule has 4 bridgehead atoms. The van der Waals surface area contributed by atoms with E-state index in [-0.39, 0.29) is 5.41 Å². The molecule has 14 rings (SSSR count). The smallest absolute Gasteiger partial charge is 0.164 e. The fourth-order valence-corrected chi connectivity index (χ4v) is 14.6. The highest BCUT2D eigenvalue weighted by molar-refractivity contribution is 7.70. The van der Waals surface area contributed by atoms with Crippen molar-refractivity contribution in [3.8, 4) is 78.7 Å². The second-order valence-corrected chi connectivity index (χ2v) is 24.3. The quantitative estimate of drug-likeness (QED) is 0.128. The summed E-state index contributed by atoms with van der Waals surface area (Å²) in [5.41, 5.74) is 15.1. The third kappa shape index (κ3) is 7.94. The molecule has 1 heterocycles. The Morgan fingerprint density at radius 3 is 1.08 bits per heavy atom. The van der Waals surface area contributed by atoms with Crippen LogP contribution >= 0.6 is 7.14 Å². The van der Waals surface area contributed by atoms with Gasteiger partial charge in [0.25, 0.3) is 0 Å². The monoisotopic (exact) mass is 949 g/mol. The normalized spacial score (nSPS) is 20.2. The maximum atomic E-state index is 13.4. The largest absolute Gasteiger partial charge is 0.319 e. The van der Waals surface area contributed by atoms with Crippen molar-refractivity contribution in [2.45, 2.75) is 37.5 Å². The zero-order valence-electron chi connectivity index (χ0n) is 40.8. The Morgan fingerprint density at radius 1 is 0.347 bits per heavy atom. The van der Waals surface area contributed by atoms with E-state index >= 15 is 0 Å². The first-order valence-corrected chi connectivity index (χ1v) is 28.3. The van der Waals surface area contributed by atoms with Gasteiger partial charge in [0.05, 0.1) is 0 Å². The minimum Gasteiger partial charge on any atom is -0.319 e. The Labute approximate surface area is 423 Å². The molecule has 0 radical (unpaired) electrons. The molecule has 5 heteroatoms. The van der Waals surface area contributed by atoms with Crippen molar-refractivity contribution in [2.24, 2.45) is 23.7 Å². The van der Waals surface area contributed by atoms with Gasteiger partial charge in [-0.2, -0.15) is 0 Å². The molecule has 0 N–H and O–H groups in total. The summed E-state index contributed by atoms with van der Waals surface area (Å²) in [5.74, 6) is 4.80. The van der Waals surface area contributed by atoms with Crippen LogP contribution in [0.3, 0.4) is 0 Å². The summed E-state index contributed by atoms with van der Waals surface area (Å²) in [4.78, 5) is 15.6. The molecule has 72 heavy (non-hydrogen) atoms. The highest BCUT2D eigenvalue weighted by Crippen LogP contribution is 2.65.